The van der Waals surface area contributed by atoms with E-state index in [2.05, 4.69) is 0 Å². The van der Waals surface area contributed by atoms with E-state index in [9.17, 15) is 4.39 Å². The average molecular weight is 181 g/mol. The summed E-state index contributed by atoms with van der Waals surface area (Å²) in [5, 5.41) is 0. The highest BCUT2D eigenvalue weighted by Gasteiger charge is 2.13. The molecule has 0 saturated heterocycles. The number of hydrogen-bond acceptors (Lipinski definition) is 1. The molecule has 0 heterocycles. The Bertz CT molecular complexity index is 253. The number of benzene rings is 1. The summed E-state index contributed by atoms with van der Waals surface area (Å²) in [4.78, 5) is 0. The Labute approximate surface area is 78.8 Å². The molecule has 2 heteroatoms. The fraction of sp³-hybridized carbons (Fsp3) is 0.455. The largest absolute Gasteiger partial charge is 0.326 e. The second-order valence-corrected chi connectivity index (χ2v) is 3.59. The second-order valence-electron chi connectivity index (χ2n) is 3.59. The van der Waals surface area contributed by atoms with Crippen molar-refractivity contribution in [1.29, 1.82) is 0 Å². The molecule has 0 aliphatic carbocycles. The highest BCUT2D eigenvalue weighted by atomic mass is 19.1. The first kappa shape index (κ1) is 10.2. The van der Waals surface area contributed by atoms with Crippen LogP contribution in [0.5, 0.6) is 0 Å². The summed E-state index contributed by atoms with van der Waals surface area (Å²) < 4.78 is 13.5. The first-order chi connectivity index (χ1) is 6.15. The molecule has 13 heavy (non-hydrogen) atoms. The molecular weight excluding hydrogens is 165 g/mol. The van der Waals surface area contributed by atoms with Gasteiger partial charge < -0.3 is 5.73 Å². The van der Waals surface area contributed by atoms with Crippen molar-refractivity contribution < 1.29 is 4.39 Å². The summed E-state index contributed by atoms with van der Waals surface area (Å²) in [5.74, 6) is 0.0312. The van der Waals surface area contributed by atoms with Crippen LogP contribution in [-0.4, -0.2) is 0 Å². The molecule has 0 radical (unpaired) electrons. The third-order valence-electron chi connectivity index (χ3n) is 2.12. The normalized spacial score (nSPS) is 13.3. The van der Waals surface area contributed by atoms with Gasteiger partial charge >= 0.3 is 0 Å². The van der Waals surface area contributed by atoms with Crippen molar-refractivity contribution in [3.63, 3.8) is 0 Å². The maximum atomic E-state index is 13.5. The summed E-state index contributed by atoms with van der Waals surface area (Å²) in [6.45, 7) is 4.27. The molecule has 0 amide bonds. The molecule has 1 unspecified atom stereocenters. The first-order valence-corrected chi connectivity index (χ1v) is 4.58. The molecule has 0 spiro atoms. The minimum atomic E-state index is -0.869. The standard InChI is InChI=1S/C11H16FN/c1-8(2)11(12)10-5-3-9(7-13)4-6-10/h3-6,8,11H,7,13H2,1-2H3. The van der Waals surface area contributed by atoms with E-state index < -0.39 is 6.17 Å². The fourth-order valence-corrected chi connectivity index (χ4v) is 1.22. The van der Waals surface area contributed by atoms with E-state index in [1.165, 1.54) is 0 Å². The summed E-state index contributed by atoms with van der Waals surface area (Å²) in [6, 6.07) is 7.38. The Morgan fingerprint density at radius 3 is 2.15 bits per heavy atom. The minimum absolute atomic E-state index is 0.0312. The summed E-state index contributed by atoms with van der Waals surface area (Å²) in [6.07, 6.45) is -0.869. The predicted molar refractivity (Wildman–Crippen MR) is 53.0 cm³/mol. The predicted octanol–water partition coefficient (Wildman–Crippen LogP) is 2.81. The second kappa shape index (κ2) is 4.38. The van der Waals surface area contributed by atoms with E-state index in [0.717, 1.165) is 11.1 Å². The molecule has 0 fully saturated rings. The quantitative estimate of drug-likeness (QED) is 0.762. The van der Waals surface area contributed by atoms with Crippen LogP contribution in [0.1, 0.15) is 31.1 Å². The van der Waals surface area contributed by atoms with Gasteiger partial charge in [0, 0.05) is 6.54 Å². The Balaban J connectivity index is 2.79. The summed E-state index contributed by atoms with van der Waals surface area (Å²) in [7, 11) is 0. The van der Waals surface area contributed by atoms with Gasteiger partial charge in [0.15, 0.2) is 0 Å². The van der Waals surface area contributed by atoms with Gasteiger partial charge in [-0.3, -0.25) is 0 Å². The van der Waals surface area contributed by atoms with E-state index in [1.54, 1.807) is 0 Å². The van der Waals surface area contributed by atoms with Gasteiger partial charge in [0.05, 0.1) is 0 Å². The SMILES string of the molecule is CC(C)C(F)c1ccc(CN)cc1. The Hall–Kier alpha value is -0.890. The highest BCUT2D eigenvalue weighted by Crippen LogP contribution is 2.25. The number of nitrogens with two attached hydrogens (primary N) is 1. The molecule has 0 aromatic heterocycles. The van der Waals surface area contributed by atoms with Gasteiger partial charge in [0.1, 0.15) is 6.17 Å². The highest BCUT2D eigenvalue weighted by molar-refractivity contribution is 5.24. The number of rotatable bonds is 3. The van der Waals surface area contributed by atoms with Crippen LogP contribution in [0.3, 0.4) is 0 Å². The monoisotopic (exact) mass is 181 g/mol. The molecule has 1 nitrogen and oxygen atoms in total. The molecule has 0 bridgehead atoms. The van der Waals surface area contributed by atoms with E-state index in [1.807, 2.05) is 38.1 Å². The van der Waals surface area contributed by atoms with Gasteiger partial charge in [-0.25, -0.2) is 4.39 Å². The summed E-state index contributed by atoms with van der Waals surface area (Å²) >= 11 is 0. The Morgan fingerprint density at radius 1 is 1.23 bits per heavy atom. The van der Waals surface area contributed by atoms with E-state index in [-0.39, 0.29) is 5.92 Å². The third kappa shape index (κ3) is 2.52. The molecule has 1 atom stereocenters. The van der Waals surface area contributed by atoms with E-state index >= 15 is 0 Å². The van der Waals surface area contributed by atoms with Crippen molar-refractivity contribution in [2.75, 3.05) is 0 Å². The lowest BCUT2D eigenvalue weighted by atomic mass is 9.99. The molecule has 1 aromatic carbocycles. The van der Waals surface area contributed by atoms with Gasteiger partial charge in [-0.15, -0.1) is 0 Å². The molecule has 1 rings (SSSR count). The molecular formula is C11H16FN. The maximum absolute atomic E-state index is 13.5. The zero-order valence-corrected chi connectivity index (χ0v) is 8.13. The van der Waals surface area contributed by atoms with Crippen LogP contribution in [0.25, 0.3) is 0 Å². The van der Waals surface area contributed by atoms with Crippen LogP contribution in [0.4, 0.5) is 4.39 Å². The van der Waals surface area contributed by atoms with Crippen LogP contribution in [0.15, 0.2) is 24.3 Å². The topological polar surface area (TPSA) is 26.0 Å². The number of alkyl halides is 1. The lowest BCUT2D eigenvalue weighted by Gasteiger charge is -2.12. The zero-order valence-electron chi connectivity index (χ0n) is 8.13. The van der Waals surface area contributed by atoms with Crippen molar-refractivity contribution in [2.24, 2.45) is 11.7 Å². The smallest absolute Gasteiger partial charge is 0.127 e. The van der Waals surface area contributed by atoms with Crippen LogP contribution < -0.4 is 5.73 Å². The first-order valence-electron chi connectivity index (χ1n) is 4.58. The molecule has 1 aromatic rings. The minimum Gasteiger partial charge on any atom is -0.326 e. The lowest BCUT2D eigenvalue weighted by Crippen LogP contribution is -2.01. The average Bonchev–Trinajstić information content (AvgIpc) is 2.17. The van der Waals surface area contributed by atoms with Gasteiger partial charge in [-0.05, 0) is 17.0 Å². The lowest BCUT2D eigenvalue weighted by molar-refractivity contribution is 0.262. The van der Waals surface area contributed by atoms with Crippen molar-refractivity contribution in [2.45, 2.75) is 26.6 Å². The van der Waals surface area contributed by atoms with Crippen LogP contribution in [0, 0.1) is 5.92 Å². The molecule has 0 aliphatic heterocycles. The van der Waals surface area contributed by atoms with Gasteiger partial charge in [0.25, 0.3) is 0 Å². The number of hydrogen-bond donors (Lipinski definition) is 1. The van der Waals surface area contributed by atoms with E-state index in [0.29, 0.717) is 6.54 Å². The van der Waals surface area contributed by atoms with Gasteiger partial charge in [0.2, 0.25) is 0 Å². The van der Waals surface area contributed by atoms with Crippen LogP contribution >= 0.6 is 0 Å². The van der Waals surface area contributed by atoms with Crippen molar-refractivity contribution >= 4 is 0 Å². The number of halogens is 1. The van der Waals surface area contributed by atoms with Crippen molar-refractivity contribution in [3.8, 4) is 0 Å². The van der Waals surface area contributed by atoms with Crippen molar-refractivity contribution in [3.05, 3.63) is 35.4 Å². The Kier molecular flexibility index (Phi) is 3.43. The molecule has 72 valence electrons. The van der Waals surface area contributed by atoms with Crippen molar-refractivity contribution in [1.82, 2.24) is 0 Å². The van der Waals surface area contributed by atoms with Gasteiger partial charge in [-0.1, -0.05) is 38.1 Å². The summed E-state index contributed by atoms with van der Waals surface area (Å²) in [5.41, 5.74) is 7.23. The fourth-order valence-electron chi connectivity index (χ4n) is 1.22. The third-order valence-corrected chi connectivity index (χ3v) is 2.12. The maximum Gasteiger partial charge on any atom is 0.127 e. The van der Waals surface area contributed by atoms with Crippen LogP contribution in [0.2, 0.25) is 0 Å². The van der Waals surface area contributed by atoms with Gasteiger partial charge in [-0.2, -0.15) is 0 Å². The van der Waals surface area contributed by atoms with E-state index in [4.69, 9.17) is 5.73 Å². The van der Waals surface area contributed by atoms with Crippen LogP contribution in [-0.2, 0) is 6.54 Å². The molecule has 0 aliphatic rings. The zero-order chi connectivity index (χ0) is 9.84. The molecule has 2 N–H and O–H groups in total. The Morgan fingerprint density at radius 2 is 1.77 bits per heavy atom. The molecule has 0 saturated carbocycles.